The number of fused-ring (bicyclic) bond motifs is 2. The van der Waals surface area contributed by atoms with Crippen molar-refractivity contribution in [2.45, 2.75) is 153 Å². The molecule has 0 aromatic carbocycles. The van der Waals surface area contributed by atoms with Gasteiger partial charge in [0.25, 0.3) is 11.8 Å². The van der Waals surface area contributed by atoms with Gasteiger partial charge in [0.1, 0.15) is 12.3 Å². The molecule has 0 unspecified atom stereocenters. The number of hydrogen-bond donors (Lipinski definition) is 2. The smallest absolute Gasteiger partial charge is 0.331 e. The van der Waals surface area contributed by atoms with Crippen molar-refractivity contribution in [3.63, 3.8) is 0 Å². The molecule has 0 saturated heterocycles. The number of hydrogen-bond acceptors (Lipinski definition) is 12. The first-order chi connectivity index (χ1) is 29.0. The highest BCUT2D eigenvalue weighted by Gasteiger charge is 2.36. The van der Waals surface area contributed by atoms with Crippen LogP contribution in [0, 0.1) is 0 Å². The van der Waals surface area contributed by atoms with E-state index in [0.29, 0.717) is 111 Å². The van der Waals surface area contributed by atoms with E-state index in [2.05, 4.69) is 20.3 Å². The van der Waals surface area contributed by atoms with Crippen molar-refractivity contribution in [1.82, 2.24) is 20.3 Å². The Morgan fingerprint density at radius 1 is 0.567 bits per heavy atom. The number of rotatable bonds is 12. The molecule has 0 spiro atoms. The molecular weight excluding hydrogens is 815 g/mol. The SMILES string of the molecule is O=C(O)C1=C(C(=O)Cc2sc3c(c2-c2nc(C4CC4)no2)CC[C@@H](F)C3)CCCC1.O=C(O)C1=C(C(=O)Cc2sc3c(c2-c2nc(C4CC4)no2)CC[C@H](F)C3)CCCC1. The summed E-state index contributed by atoms with van der Waals surface area (Å²) >= 11 is 2.87. The van der Waals surface area contributed by atoms with Crippen LogP contribution in [0.15, 0.2) is 31.3 Å². The fraction of sp³-hybridized carbons (Fsp3) is 0.545. The Kier molecular flexibility index (Phi) is 11.5. The Balaban J connectivity index is 0.000000154. The van der Waals surface area contributed by atoms with Crippen LogP contribution < -0.4 is 0 Å². The second-order valence-electron chi connectivity index (χ2n) is 16.9. The van der Waals surface area contributed by atoms with Crippen LogP contribution in [0.3, 0.4) is 0 Å². The largest absolute Gasteiger partial charge is 0.478 e. The molecule has 0 amide bonds. The quantitative estimate of drug-likeness (QED) is 0.138. The van der Waals surface area contributed by atoms with Gasteiger partial charge in [-0.2, -0.15) is 9.97 Å². The molecule has 4 heterocycles. The van der Waals surface area contributed by atoms with Gasteiger partial charge in [-0.3, -0.25) is 9.59 Å². The van der Waals surface area contributed by atoms with Crippen molar-refractivity contribution in [3.05, 3.63) is 64.6 Å². The number of aliphatic carboxylic acids is 2. The highest BCUT2D eigenvalue weighted by molar-refractivity contribution is 7.13. The predicted molar refractivity (Wildman–Crippen MR) is 217 cm³/mol. The van der Waals surface area contributed by atoms with Crippen molar-refractivity contribution < 1.29 is 47.2 Å². The maximum atomic E-state index is 14.0. The number of allylic oxidation sites excluding steroid dienone is 2. The Bertz CT molecular complexity index is 2270. The zero-order valence-corrected chi connectivity index (χ0v) is 34.8. The maximum Gasteiger partial charge on any atom is 0.331 e. The van der Waals surface area contributed by atoms with Gasteiger partial charge in [-0.25, -0.2) is 18.4 Å². The number of carbonyl (C=O) groups is 4. The minimum absolute atomic E-state index is 0.0945. The normalized spacial score (nSPS) is 21.6. The van der Waals surface area contributed by atoms with E-state index in [0.717, 1.165) is 93.1 Å². The standard InChI is InChI=1S/2C22H23FN2O4S/c2*23-12-7-8-15-17(9-12)30-18(19(15)21-24-20(25-29-21)11-5-6-11)10-16(26)13-3-1-2-4-14(13)22(27)28/h2*11-12H,1-10H2,(H,27,28)/t2*12-/m10/s1. The van der Waals surface area contributed by atoms with E-state index in [1.165, 1.54) is 22.7 Å². The highest BCUT2D eigenvalue weighted by atomic mass is 32.1. The van der Waals surface area contributed by atoms with Gasteiger partial charge in [0.15, 0.2) is 23.2 Å². The average Bonchev–Trinajstić information content (AvgIpc) is 4.09. The van der Waals surface area contributed by atoms with Crippen LogP contribution in [-0.4, -0.2) is 66.3 Å². The summed E-state index contributed by atoms with van der Waals surface area (Å²) in [7, 11) is 0. The second-order valence-corrected chi connectivity index (χ2v) is 19.3. The average molecular weight is 861 g/mol. The lowest BCUT2D eigenvalue weighted by molar-refractivity contribution is -0.134. The van der Waals surface area contributed by atoms with E-state index in [1.54, 1.807) is 0 Å². The topological polar surface area (TPSA) is 187 Å². The number of halogens is 2. The zero-order chi connectivity index (χ0) is 41.7. The fourth-order valence-corrected chi connectivity index (χ4v) is 11.9. The number of nitrogens with zero attached hydrogens (tertiary/aromatic N) is 4. The molecule has 6 aliphatic rings. The van der Waals surface area contributed by atoms with E-state index in [4.69, 9.17) is 9.05 Å². The Hall–Kier alpha value is -4.70. The molecule has 6 aliphatic carbocycles. The fourth-order valence-electron chi connectivity index (χ4n) is 9.04. The van der Waals surface area contributed by atoms with Gasteiger partial charge < -0.3 is 19.3 Å². The molecule has 0 aliphatic heterocycles. The summed E-state index contributed by atoms with van der Waals surface area (Å²) in [5.74, 6) is 0.581. The van der Waals surface area contributed by atoms with Gasteiger partial charge in [-0.1, -0.05) is 10.3 Å². The first-order valence-corrected chi connectivity index (χ1v) is 22.9. The number of carboxylic acids is 2. The molecule has 10 rings (SSSR count). The van der Waals surface area contributed by atoms with Gasteiger partial charge in [0, 0.05) is 79.3 Å². The number of Topliss-reactive ketones (excluding diaryl/α,β-unsaturated/α-hetero) is 2. The molecule has 2 atom stereocenters. The Morgan fingerprint density at radius 2 is 0.950 bits per heavy atom. The molecule has 4 aromatic rings. The van der Waals surface area contributed by atoms with Gasteiger partial charge in [0.05, 0.1) is 11.1 Å². The molecule has 2 saturated carbocycles. The van der Waals surface area contributed by atoms with Crippen LogP contribution in [-0.2, 0) is 57.7 Å². The Labute approximate surface area is 352 Å². The van der Waals surface area contributed by atoms with Crippen LogP contribution in [0.5, 0.6) is 0 Å². The minimum Gasteiger partial charge on any atom is -0.478 e. The third kappa shape index (κ3) is 8.46. The van der Waals surface area contributed by atoms with Crippen LogP contribution in [0.25, 0.3) is 22.9 Å². The van der Waals surface area contributed by atoms with Crippen molar-refractivity contribution in [2.75, 3.05) is 0 Å². The first kappa shape index (κ1) is 40.7. The molecular formula is C44H46F2N4O8S2. The van der Waals surface area contributed by atoms with Crippen LogP contribution in [0.4, 0.5) is 8.78 Å². The molecule has 2 N–H and O–H groups in total. The third-order valence-corrected chi connectivity index (χ3v) is 15.0. The van der Waals surface area contributed by atoms with Crippen molar-refractivity contribution in [3.8, 4) is 22.9 Å². The lowest BCUT2D eigenvalue weighted by atomic mass is 9.87. The summed E-state index contributed by atoms with van der Waals surface area (Å²) in [6, 6.07) is 0. The molecule has 4 aromatic heterocycles. The number of alkyl halides is 2. The first-order valence-electron chi connectivity index (χ1n) is 21.2. The number of carbonyl (C=O) groups excluding carboxylic acids is 2. The molecule has 16 heteroatoms. The van der Waals surface area contributed by atoms with Gasteiger partial charge in [0.2, 0.25) is 0 Å². The van der Waals surface area contributed by atoms with Crippen LogP contribution >= 0.6 is 22.7 Å². The number of thiophene rings is 2. The van der Waals surface area contributed by atoms with E-state index >= 15 is 0 Å². The highest BCUT2D eigenvalue weighted by Crippen LogP contribution is 2.46. The van der Waals surface area contributed by atoms with Gasteiger partial charge >= 0.3 is 11.9 Å². The van der Waals surface area contributed by atoms with Crippen molar-refractivity contribution in [1.29, 1.82) is 0 Å². The summed E-state index contributed by atoms with van der Waals surface area (Å²) < 4.78 is 39.2. The molecule has 0 radical (unpaired) electrons. The molecule has 316 valence electrons. The third-order valence-electron chi connectivity index (χ3n) is 12.5. The summed E-state index contributed by atoms with van der Waals surface area (Å²) in [4.78, 5) is 62.0. The number of carboxylic acid groups (broad SMARTS) is 2. The molecule has 0 bridgehead atoms. The van der Waals surface area contributed by atoms with Crippen LogP contribution in [0.2, 0.25) is 0 Å². The van der Waals surface area contributed by atoms with Crippen molar-refractivity contribution >= 4 is 46.2 Å². The minimum atomic E-state index is -1.00. The zero-order valence-electron chi connectivity index (χ0n) is 33.2. The second kappa shape index (κ2) is 17.0. The molecule has 2 fully saturated rings. The number of aromatic nitrogens is 4. The summed E-state index contributed by atoms with van der Waals surface area (Å²) in [5, 5.41) is 27.2. The summed E-state index contributed by atoms with van der Waals surface area (Å²) in [6.07, 6.45) is 10.5. The summed E-state index contributed by atoms with van der Waals surface area (Å²) in [6.45, 7) is 0. The van der Waals surface area contributed by atoms with E-state index in [9.17, 15) is 38.2 Å². The maximum absolute atomic E-state index is 14.0. The van der Waals surface area contributed by atoms with E-state index in [-0.39, 0.29) is 35.6 Å². The van der Waals surface area contributed by atoms with Gasteiger partial charge in [-0.05, 0) is 114 Å². The molecule has 12 nitrogen and oxygen atoms in total. The summed E-state index contributed by atoms with van der Waals surface area (Å²) in [5.41, 5.74) is 4.93. The van der Waals surface area contributed by atoms with E-state index < -0.39 is 24.3 Å². The lowest BCUT2D eigenvalue weighted by Crippen LogP contribution is -2.17. The molecule has 60 heavy (non-hydrogen) atoms. The predicted octanol–water partition coefficient (Wildman–Crippen LogP) is 9.14. The van der Waals surface area contributed by atoms with Gasteiger partial charge in [-0.15, -0.1) is 22.7 Å². The number of ketones is 2. The Morgan fingerprint density at radius 3 is 1.32 bits per heavy atom. The monoisotopic (exact) mass is 860 g/mol. The van der Waals surface area contributed by atoms with E-state index in [1.807, 2.05) is 0 Å². The van der Waals surface area contributed by atoms with Crippen molar-refractivity contribution in [2.24, 2.45) is 0 Å². The van der Waals surface area contributed by atoms with Crippen LogP contribution in [0.1, 0.15) is 144 Å². The lowest BCUT2D eigenvalue weighted by Gasteiger charge is -2.16.